The minimum atomic E-state index is -0.142. The summed E-state index contributed by atoms with van der Waals surface area (Å²) in [5.74, 6) is -0.127. The van der Waals surface area contributed by atoms with Gasteiger partial charge < -0.3 is 15.8 Å². The SMILES string of the molecule is CCCN(CC(N)=NO)C(=O)c1c(C)nn(C)c1C. The molecular formula is C12H21N5O2. The summed E-state index contributed by atoms with van der Waals surface area (Å²) in [4.78, 5) is 14.1. The molecule has 0 unspecified atom stereocenters. The van der Waals surface area contributed by atoms with Gasteiger partial charge in [-0.15, -0.1) is 0 Å². The average Bonchev–Trinajstić information content (AvgIpc) is 2.62. The molecule has 7 heteroatoms. The lowest BCUT2D eigenvalue weighted by Crippen LogP contribution is -2.39. The standard InChI is InChI=1S/C12H21N5O2/c1-5-6-17(7-10(13)15-19)12(18)11-8(2)14-16(4)9(11)3/h19H,5-7H2,1-4H3,(H2,13,15). The van der Waals surface area contributed by atoms with Crippen molar-refractivity contribution in [2.75, 3.05) is 13.1 Å². The highest BCUT2D eigenvalue weighted by molar-refractivity contribution is 5.98. The summed E-state index contributed by atoms with van der Waals surface area (Å²) in [7, 11) is 1.80. The second-order valence-corrected chi connectivity index (χ2v) is 4.49. The van der Waals surface area contributed by atoms with Gasteiger partial charge in [-0.25, -0.2) is 0 Å². The first-order valence-electron chi connectivity index (χ1n) is 6.18. The van der Waals surface area contributed by atoms with Crippen molar-refractivity contribution in [3.8, 4) is 0 Å². The van der Waals surface area contributed by atoms with Crippen molar-refractivity contribution in [3.05, 3.63) is 17.0 Å². The van der Waals surface area contributed by atoms with Crippen LogP contribution in [-0.2, 0) is 7.05 Å². The van der Waals surface area contributed by atoms with E-state index in [1.807, 2.05) is 13.8 Å². The van der Waals surface area contributed by atoms with E-state index in [1.54, 1.807) is 23.6 Å². The monoisotopic (exact) mass is 267 g/mol. The van der Waals surface area contributed by atoms with Gasteiger partial charge in [0.05, 0.1) is 17.8 Å². The molecule has 1 aromatic rings. The van der Waals surface area contributed by atoms with E-state index in [0.29, 0.717) is 17.8 Å². The topological polar surface area (TPSA) is 96.7 Å². The van der Waals surface area contributed by atoms with Gasteiger partial charge in [0.15, 0.2) is 5.84 Å². The number of aryl methyl sites for hydroxylation is 2. The highest BCUT2D eigenvalue weighted by Crippen LogP contribution is 2.15. The Morgan fingerprint density at radius 2 is 2.16 bits per heavy atom. The first-order valence-corrected chi connectivity index (χ1v) is 6.18. The smallest absolute Gasteiger partial charge is 0.258 e. The number of hydrogen-bond acceptors (Lipinski definition) is 4. The average molecular weight is 267 g/mol. The lowest BCUT2D eigenvalue weighted by molar-refractivity contribution is 0.0776. The predicted octanol–water partition coefficient (Wildman–Crippen LogP) is 0.636. The molecule has 0 spiro atoms. The van der Waals surface area contributed by atoms with Gasteiger partial charge in [-0.1, -0.05) is 12.1 Å². The molecule has 1 aromatic heterocycles. The molecule has 0 aliphatic rings. The van der Waals surface area contributed by atoms with Crippen LogP contribution in [0.5, 0.6) is 0 Å². The number of amidine groups is 1. The number of carbonyl (C=O) groups is 1. The van der Waals surface area contributed by atoms with E-state index in [4.69, 9.17) is 10.9 Å². The molecule has 0 fully saturated rings. The molecule has 0 radical (unpaired) electrons. The molecule has 19 heavy (non-hydrogen) atoms. The molecule has 0 saturated carbocycles. The minimum Gasteiger partial charge on any atom is -0.409 e. The normalized spacial score (nSPS) is 11.7. The third-order valence-corrected chi connectivity index (χ3v) is 2.98. The van der Waals surface area contributed by atoms with Gasteiger partial charge in [0, 0.05) is 19.3 Å². The lowest BCUT2D eigenvalue weighted by Gasteiger charge is -2.21. The van der Waals surface area contributed by atoms with Crippen molar-refractivity contribution >= 4 is 11.7 Å². The van der Waals surface area contributed by atoms with E-state index >= 15 is 0 Å². The molecule has 106 valence electrons. The van der Waals surface area contributed by atoms with Gasteiger partial charge in [0.2, 0.25) is 0 Å². The Morgan fingerprint density at radius 3 is 2.58 bits per heavy atom. The molecule has 0 aliphatic carbocycles. The van der Waals surface area contributed by atoms with Gasteiger partial charge in [0.25, 0.3) is 5.91 Å². The fourth-order valence-electron chi connectivity index (χ4n) is 1.99. The van der Waals surface area contributed by atoms with Crippen LogP contribution in [-0.4, -0.2) is 44.7 Å². The molecule has 1 heterocycles. The van der Waals surface area contributed by atoms with Gasteiger partial charge in [-0.3, -0.25) is 9.48 Å². The molecule has 0 saturated heterocycles. The molecule has 0 bridgehead atoms. The summed E-state index contributed by atoms with van der Waals surface area (Å²) in [6, 6.07) is 0. The maximum atomic E-state index is 12.5. The van der Waals surface area contributed by atoms with Gasteiger partial charge in [-0.05, 0) is 20.3 Å². The number of oxime groups is 1. The summed E-state index contributed by atoms with van der Waals surface area (Å²) < 4.78 is 1.68. The zero-order valence-electron chi connectivity index (χ0n) is 11.8. The van der Waals surface area contributed by atoms with E-state index in [9.17, 15) is 4.79 Å². The minimum absolute atomic E-state index is 0.0148. The Labute approximate surface area is 112 Å². The number of hydrogen-bond donors (Lipinski definition) is 2. The van der Waals surface area contributed by atoms with Crippen LogP contribution in [0.15, 0.2) is 5.16 Å². The fourth-order valence-corrected chi connectivity index (χ4v) is 1.99. The van der Waals surface area contributed by atoms with E-state index in [-0.39, 0.29) is 18.3 Å². The van der Waals surface area contributed by atoms with Crippen molar-refractivity contribution in [3.63, 3.8) is 0 Å². The first-order chi connectivity index (χ1) is 8.92. The van der Waals surface area contributed by atoms with E-state index in [0.717, 1.165) is 12.1 Å². The number of rotatable bonds is 5. The third-order valence-electron chi connectivity index (χ3n) is 2.98. The highest BCUT2D eigenvalue weighted by Gasteiger charge is 2.23. The Balaban J connectivity index is 3.05. The maximum Gasteiger partial charge on any atom is 0.258 e. The summed E-state index contributed by atoms with van der Waals surface area (Å²) in [5.41, 5.74) is 7.57. The number of nitrogens with two attached hydrogens (primary N) is 1. The van der Waals surface area contributed by atoms with Crippen molar-refractivity contribution in [1.29, 1.82) is 0 Å². The Hall–Kier alpha value is -2.05. The van der Waals surface area contributed by atoms with Crippen LogP contribution in [0.2, 0.25) is 0 Å². The van der Waals surface area contributed by atoms with Gasteiger partial charge in [0.1, 0.15) is 0 Å². The van der Waals surface area contributed by atoms with E-state index in [1.165, 1.54) is 0 Å². The summed E-state index contributed by atoms with van der Waals surface area (Å²) in [6.07, 6.45) is 0.794. The summed E-state index contributed by atoms with van der Waals surface area (Å²) in [5, 5.41) is 15.8. The Kier molecular flexibility index (Phi) is 4.91. The number of amides is 1. The van der Waals surface area contributed by atoms with Crippen molar-refractivity contribution in [2.24, 2.45) is 17.9 Å². The predicted molar refractivity (Wildman–Crippen MR) is 72.3 cm³/mol. The second kappa shape index (κ2) is 6.21. The molecule has 3 N–H and O–H groups in total. The number of aromatic nitrogens is 2. The summed E-state index contributed by atoms with van der Waals surface area (Å²) >= 11 is 0. The van der Waals surface area contributed by atoms with Crippen LogP contribution in [0.1, 0.15) is 35.1 Å². The number of nitrogens with zero attached hydrogens (tertiary/aromatic N) is 4. The molecule has 1 rings (SSSR count). The van der Waals surface area contributed by atoms with Crippen LogP contribution < -0.4 is 5.73 Å². The molecule has 0 aliphatic heterocycles. The molecule has 1 amide bonds. The molecule has 0 aromatic carbocycles. The summed E-state index contributed by atoms with van der Waals surface area (Å²) in [6.45, 7) is 6.27. The van der Waals surface area contributed by atoms with Gasteiger partial charge >= 0.3 is 0 Å². The maximum absolute atomic E-state index is 12.5. The molecule has 0 atom stereocenters. The fraction of sp³-hybridized carbons (Fsp3) is 0.583. The zero-order chi connectivity index (χ0) is 14.6. The second-order valence-electron chi connectivity index (χ2n) is 4.49. The van der Waals surface area contributed by atoms with Crippen LogP contribution in [0.4, 0.5) is 0 Å². The van der Waals surface area contributed by atoms with Crippen molar-refractivity contribution < 1.29 is 10.0 Å². The first kappa shape index (κ1) is 15.0. The third kappa shape index (κ3) is 3.24. The van der Waals surface area contributed by atoms with E-state index in [2.05, 4.69) is 10.3 Å². The van der Waals surface area contributed by atoms with Crippen LogP contribution in [0, 0.1) is 13.8 Å². The Morgan fingerprint density at radius 1 is 1.53 bits per heavy atom. The number of carbonyl (C=O) groups excluding carboxylic acids is 1. The van der Waals surface area contributed by atoms with Gasteiger partial charge in [-0.2, -0.15) is 5.10 Å². The van der Waals surface area contributed by atoms with Crippen LogP contribution in [0.3, 0.4) is 0 Å². The molecule has 7 nitrogen and oxygen atoms in total. The van der Waals surface area contributed by atoms with Crippen molar-refractivity contribution in [1.82, 2.24) is 14.7 Å². The Bertz CT molecular complexity index is 493. The van der Waals surface area contributed by atoms with Crippen LogP contribution >= 0.6 is 0 Å². The quantitative estimate of drug-likeness (QED) is 0.354. The lowest BCUT2D eigenvalue weighted by atomic mass is 10.1. The zero-order valence-corrected chi connectivity index (χ0v) is 11.8. The van der Waals surface area contributed by atoms with Crippen LogP contribution in [0.25, 0.3) is 0 Å². The van der Waals surface area contributed by atoms with Crippen molar-refractivity contribution in [2.45, 2.75) is 27.2 Å². The highest BCUT2D eigenvalue weighted by atomic mass is 16.4. The largest absolute Gasteiger partial charge is 0.409 e. The van der Waals surface area contributed by atoms with E-state index < -0.39 is 0 Å². The molecular weight excluding hydrogens is 246 g/mol.